The average molecular weight is 368 g/mol. The highest BCUT2D eigenvalue weighted by molar-refractivity contribution is 5.33. The predicted octanol–water partition coefficient (Wildman–Crippen LogP) is 4.66. The zero-order valence-corrected chi connectivity index (χ0v) is 17.1. The van der Waals surface area contributed by atoms with Gasteiger partial charge >= 0.3 is 0 Å². The van der Waals surface area contributed by atoms with Gasteiger partial charge in [0.05, 0.1) is 12.7 Å². The Morgan fingerprint density at radius 1 is 1.15 bits per heavy atom. The van der Waals surface area contributed by atoms with Crippen molar-refractivity contribution >= 4 is 0 Å². The maximum atomic E-state index is 11.8. The molecule has 1 aliphatic rings. The lowest BCUT2D eigenvalue weighted by Gasteiger charge is -2.46. The molecule has 0 spiro atoms. The van der Waals surface area contributed by atoms with E-state index in [0.717, 1.165) is 37.1 Å². The van der Waals surface area contributed by atoms with Crippen molar-refractivity contribution in [1.29, 1.82) is 0 Å². The van der Waals surface area contributed by atoms with Gasteiger partial charge in [0.15, 0.2) is 0 Å². The number of methoxy groups -OCH3 is 1. The summed E-state index contributed by atoms with van der Waals surface area (Å²) in [5, 5.41) is 11.8. The van der Waals surface area contributed by atoms with Gasteiger partial charge in [-0.1, -0.05) is 49.4 Å². The summed E-state index contributed by atoms with van der Waals surface area (Å²) in [5.74, 6) is 2.10. The monoisotopic (exact) mass is 367 g/mol. The molecule has 3 heteroatoms. The predicted molar refractivity (Wildman–Crippen MR) is 111 cm³/mol. The molecular formula is C24H33NO2. The average Bonchev–Trinajstić information content (AvgIpc) is 2.69. The zero-order valence-electron chi connectivity index (χ0n) is 17.1. The fourth-order valence-electron chi connectivity index (χ4n) is 4.71. The number of hydrogen-bond donors (Lipinski definition) is 1. The molecule has 0 amide bonds. The Morgan fingerprint density at radius 3 is 2.56 bits per heavy atom. The molecule has 3 rings (SSSR count). The molecule has 0 aliphatic heterocycles. The first-order valence-corrected chi connectivity index (χ1v) is 10.0. The third kappa shape index (κ3) is 4.36. The molecule has 0 aromatic heterocycles. The summed E-state index contributed by atoms with van der Waals surface area (Å²) in [6.45, 7) is 3.22. The number of benzene rings is 2. The van der Waals surface area contributed by atoms with Crippen LogP contribution in [-0.2, 0) is 5.60 Å². The molecule has 146 valence electrons. The lowest BCUT2D eigenvalue weighted by molar-refractivity contribution is -0.0777. The molecule has 0 radical (unpaired) electrons. The summed E-state index contributed by atoms with van der Waals surface area (Å²) in [6.07, 6.45) is 2.86. The van der Waals surface area contributed by atoms with Gasteiger partial charge in [-0.2, -0.15) is 0 Å². The summed E-state index contributed by atoms with van der Waals surface area (Å²) in [5.41, 5.74) is 1.59. The summed E-state index contributed by atoms with van der Waals surface area (Å²) in [6, 6.07) is 18.8. The SMILES string of the molecule is COc1cccc(C2(O)CCC(C(C)c3ccccc3)CC2CN(C)C)c1. The second-order valence-electron chi connectivity index (χ2n) is 8.35. The fourth-order valence-corrected chi connectivity index (χ4v) is 4.71. The molecule has 0 saturated heterocycles. The van der Waals surface area contributed by atoms with E-state index in [1.165, 1.54) is 5.56 Å². The van der Waals surface area contributed by atoms with Gasteiger partial charge in [-0.25, -0.2) is 0 Å². The summed E-state index contributed by atoms with van der Waals surface area (Å²) in [4.78, 5) is 2.20. The van der Waals surface area contributed by atoms with Crippen LogP contribution in [0.25, 0.3) is 0 Å². The summed E-state index contributed by atoms with van der Waals surface area (Å²) >= 11 is 0. The van der Waals surface area contributed by atoms with E-state index in [-0.39, 0.29) is 5.92 Å². The van der Waals surface area contributed by atoms with Crippen LogP contribution in [0.5, 0.6) is 5.75 Å². The highest BCUT2D eigenvalue weighted by Gasteiger charge is 2.44. The molecule has 27 heavy (non-hydrogen) atoms. The Kier molecular flexibility index (Phi) is 6.23. The molecule has 2 aromatic rings. The first-order valence-electron chi connectivity index (χ1n) is 10.0. The lowest BCUT2D eigenvalue weighted by Crippen LogP contribution is -2.45. The standard InChI is InChI=1S/C24H33NO2/c1-18(19-9-6-5-7-10-19)20-13-14-24(26,22(15-20)17-25(2)3)21-11-8-12-23(16-21)27-4/h5-12,16,18,20,22,26H,13-15,17H2,1-4H3. The van der Waals surface area contributed by atoms with Gasteiger partial charge in [-0.15, -0.1) is 0 Å². The van der Waals surface area contributed by atoms with E-state index in [1.807, 2.05) is 24.3 Å². The highest BCUT2D eigenvalue weighted by Crippen LogP contribution is 2.48. The van der Waals surface area contributed by atoms with Gasteiger partial charge in [0.25, 0.3) is 0 Å². The van der Waals surface area contributed by atoms with E-state index < -0.39 is 5.60 Å². The number of hydrogen-bond acceptors (Lipinski definition) is 3. The van der Waals surface area contributed by atoms with Crippen LogP contribution < -0.4 is 4.74 Å². The van der Waals surface area contributed by atoms with Crippen LogP contribution in [0.4, 0.5) is 0 Å². The Balaban J connectivity index is 1.86. The molecule has 1 N–H and O–H groups in total. The van der Waals surface area contributed by atoms with Crippen LogP contribution >= 0.6 is 0 Å². The van der Waals surface area contributed by atoms with E-state index >= 15 is 0 Å². The summed E-state index contributed by atoms with van der Waals surface area (Å²) < 4.78 is 5.40. The van der Waals surface area contributed by atoms with E-state index in [0.29, 0.717) is 11.8 Å². The Morgan fingerprint density at radius 2 is 1.89 bits per heavy atom. The van der Waals surface area contributed by atoms with Gasteiger partial charge in [0.1, 0.15) is 5.75 Å². The normalized spacial score (nSPS) is 26.7. The Hall–Kier alpha value is -1.84. The maximum absolute atomic E-state index is 11.8. The van der Waals surface area contributed by atoms with Crippen LogP contribution in [0.2, 0.25) is 0 Å². The first-order chi connectivity index (χ1) is 12.9. The molecular weight excluding hydrogens is 334 g/mol. The molecule has 3 nitrogen and oxygen atoms in total. The minimum atomic E-state index is -0.800. The minimum Gasteiger partial charge on any atom is -0.497 e. The van der Waals surface area contributed by atoms with Crippen LogP contribution in [0.1, 0.15) is 43.2 Å². The molecule has 0 bridgehead atoms. The van der Waals surface area contributed by atoms with Crippen molar-refractivity contribution in [3.8, 4) is 5.75 Å². The molecule has 1 saturated carbocycles. The third-order valence-corrected chi connectivity index (χ3v) is 6.35. The van der Waals surface area contributed by atoms with Crippen LogP contribution in [-0.4, -0.2) is 37.8 Å². The van der Waals surface area contributed by atoms with E-state index in [9.17, 15) is 5.11 Å². The lowest BCUT2D eigenvalue weighted by atomic mass is 9.64. The van der Waals surface area contributed by atoms with Crippen molar-refractivity contribution in [3.63, 3.8) is 0 Å². The molecule has 0 heterocycles. The largest absolute Gasteiger partial charge is 0.497 e. The van der Waals surface area contributed by atoms with Crippen molar-refractivity contribution in [1.82, 2.24) is 4.90 Å². The van der Waals surface area contributed by atoms with Crippen molar-refractivity contribution in [3.05, 3.63) is 65.7 Å². The van der Waals surface area contributed by atoms with Gasteiger partial charge in [-0.05, 0) is 68.5 Å². The van der Waals surface area contributed by atoms with Gasteiger partial charge in [0, 0.05) is 12.5 Å². The number of nitrogens with zero attached hydrogens (tertiary/aromatic N) is 1. The van der Waals surface area contributed by atoms with Crippen molar-refractivity contribution in [2.45, 2.75) is 37.7 Å². The molecule has 2 aromatic carbocycles. The molecule has 4 atom stereocenters. The van der Waals surface area contributed by atoms with Gasteiger partial charge < -0.3 is 14.7 Å². The molecule has 4 unspecified atom stereocenters. The van der Waals surface area contributed by atoms with Crippen LogP contribution in [0.3, 0.4) is 0 Å². The smallest absolute Gasteiger partial charge is 0.119 e. The fraction of sp³-hybridized carbons (Fsp3) is 0.500. The van der Waals surface area contributed by atoms with Crippen molar-refractivity contribution < 1.29 is 9.84 Å². The van der Waals surface area contributed by atoms with Crippen molar-refractivity contribution in [2.24, 2.45) is 11.8 Å². The Bertz CT molecular complexity index is 730. The summed E-state index contributed by atoms with van der Waals surface area (Å²) in [7, 11) is 5.87. The third-order valence-electron chi connectivity index (χ3n) is 6.35. The quantitative estimate of drug-likeness (QED) is 0.806. The molecule has 1 aliphatic carbocycles. The second-order valence-corrected chi connectivity index (χ2v) is 8.35. The number of ether oxygens (including phenoxy) is 1. The van der Waals surface area contributed by atoms with Crippen LogP contribution in [0, 0.1) is 11.8 Å². The van der Waals surface area contributed by atoms with Gasteiger partial charge in [-0.3, -0.25) is 0 Å². The van der Waals surface area contributed by atoms with E-state index in [2.05, 4.69) is 56.3 Å². The van der Waals surface area contributed by atoms with Crippen LogP contribution in [0.15, 0.2) is 54.6 Å². The van der Waals surface area contributed by atoms with Gasteiger partial charge in [0.2, 0.25) is 0 Å². The maximum Gasteiger partial charge on any atom is 0.119 e. The number of aliphatic hydroxyl groups is 1. The highest BCUT2D eigenvalue weighted by atomic mass is 16.5. The first kappa shape index (κ1) is 19.9. The molecule has 1 fully saturated rings. The Labute approximate surface area is 164 Å². The van der Waals surface area contributed by atoms with Crippen molar-refractivity contribution in [2.75, 3.05) is 27.7 Å². The van der Waals surface area contributed by atoms with E-state index in [1.54, 1.807) is 7.11 Å². The second kappa shape index (κ2) is 8.45. The zero-order chi connectivity index (χ0) is 19.4. The van der Waals surface area contributed by atoms with E-state index in [4.69, 9.17) is 4.74 Å². The minimum absolute atomic E-state index is 0.199. The number of rotatable bonds is 6. The topological polar surface area (TPSA) is 32.7 Å².